The molecule has 0 N–H and O–H groups in total. The average molecular weight is 155 g/mol. The lowest BCUT2D eigenvalue weighted by molar-refractivity contribution is -0.131. The van der Waals surface area contributed by atoms with Crippen LogP contribution in [-0.4, -0.2) is 30.3 Å². The summed E-state index contributed by atoms with van der Waals surface area (Å²) < 4.78 is 0. The molecule has 0 saturated heterocycles. The number of hydrogen-bond acceptors (Lipinski definition) is 2. The average Bonchev–Trinajstić information content (AvgIpc) is 1.95. The van der Waals surface area contributed by atoms with Crippen LogP contribution >= 0.6 is 0 Å². The molecule has 0 spiro atoms. The van der Waals surface area contributed by atoms with Crippen LogP contribution in [-0.2, 0) is 4.79 Å². The Morgan fingerprint density at radius 2 is 2.00 bits per heavy atom. The molecule has 0 bridgehead atoms. The predicted molar refractivity (Wildman–Crippen MR) is 45.6 cm³/mol. The van der Waals surface area contributed by atoms with Gasteiger partial charge in [-0.1, -0.05) is 6.42 Å². The third kappa shape index (κ3) is 1.45. The Balaban J connectivity index is 2.73. The summed E-state index contributed by atoms with van der Waals surface area (Å²) in [6.45, 7) is 2.05. The molecule has 2 heteroatoms. The van der Waals surface area contributed by atoms with Gasteiger partial charge in [-0.15, -0.1) is 0 Å². The maximum atomic E-state index is 11.5. The zero-order chi connectivity index (χ0) is 8.48. The summed E-state index contributed by atoms with van der Waals surface area (Å²) in [6, 6.07) is 0. The van der Waals surface area contributed by atoms with Crippen LogP contribution in [0.15, 0.2) is 0 Å². The Kier molecular flexibility index (Phi) is 2.33. The molecule has 0 aliphatic heterocycles. The molecule has 1 aliphatic carbocycles. The van der Waals surface area contributed by atoms with E-state index in [1.54, 1.807) is 0 Å². The molecule has 0 amide bonds. The van der Waals surface area contributed by atoms with Crippen LogP contribution in [0.1, 0.15) is 32.6 Å². The fourth-order valence-corrected chi connectivity index (χ4v) is 1.64. The predicted octanol–water partition coefficient (Wildman–Crippen LogP) is 1.45. The highest BCUT2D eigenvalue weighted by molar-refractivity contribution is 5.88. The molecule has 1 aliphatic rings. The molecule has 2 nitrogen and oxygen atoms in total. The van der Waals surface area contributed by atoms with Gasteiger partial charge >= 0.3 is 0 Å². The van der Waals surface area contributed by atoms with Crippen molar-refractivity contribution in [3.8, 4) is 0 Å². The monoisotopic (exact) mass is 155 g/mol. The molecule has 0 radical (unpaired) electrons. The number of carbonyl (C=O) groups excluding carboxylic acids is 1. The van der Waals surface area contributed by atoms with Crippen LogP contribution in [0.2, 0.25) is 0 Å². The van der Waals surface area contributed by atoms with Gasteiger partial charge < -0.3 is 0 Å². The lowest BCUT2D eigenvalue weighted by atomic mass is 9.81. The molecule has 64 valence electrons. The molecule has 0 aromatic carbocycles. The van der Waals surface area contributed by atoms with Crippen molar-refractivity contribution in [3.05, 3.63) is 0 Å². The van der Waals surface area contributed by atoms with Crippen molar-refractivity contribution in [2.24, 2.45) is 0 Å². The largest absolute Gasteiger partial charge is 0.298 e. The standard InChI is InChI=1S/C9H17NO/c1-9(10(2)3)7-5-4-6-8(9)11/h4-7H2,1-3H3. The second kappa shape index (κ2) is 2.94. The minimum absolute atomic E-state index is 0.168. The molecular weight excluding hydrogens is 138 g/mol. The normalized spacial score (nSPS) is 32.9. The van der Waals surface area contributed by atoms with Crippen molar-refractivity contribution in [1.82, 2.24) is 4.90 Å². The van der Waals surface area contributed by atoms with Crippen LogP contribution in [0.4, 0.5) is 0 Å². The second-order valence-corrected chi connectivity index (χ2v) is 3.80. The molecule has 1 fully saturated rings. The highest BCUT2D eigenvalue weighted by Gasteiger charge is 2.36. The Hall–Kier alpha value is -0.370. The zero-order valence-corrected chi connectivity index (χ0v) is 7.68. The Morgan fingerprint density at radius 3 is 2.36 bits per heavy atom. The van der Waals surface area contributed by atoms with E-state index in [-0.39, 0.29) is 5.54 Å². The lowest BCUT2D eigenvalue weighted by Crippen LogP contribution is -2.50. The van der Waals surface area contributed by atoms with Crippen molar-refractivity contribution in [2.45, 2.75) is 38.1 Å². The highest BCUT2D eigenvalue weighted by atomic mass is 16.1. The molecule has 1 atom stereocenters. The second-order valence-electron chi connectivity index (χ2n) is 3.80. The van der Waals surface area contributed by atoms with E-state index < -0.39 is 0 Å². The van der Waals surface area contributed by atoms with Gasteiger partial charge in [0.05, 0.1) is 5.54 Å². The number of likely N-dealkylation sites (N-methyl/N-ethyl adjacent to an activating group) is 1. The molecule has 11 heavy (non-hydrogen) atoms. The summed E-state index contributed by atoms with van der Waals surface area (Å²) >= 11 is 0. The summed E-state index contributed by atoms with van der Waals surface area (Å²) in [5.74, 6) is 0.411. The van der Waals surface area contributed by atoms with Crippen LogP contribution in [0.25, 0.3) is 0 Å². The number of Topliss-reactive ketones (excluding diaryl/α,β-unsaturated/α-hetero) is 1. The van der Waals surface area contributed by atoms with Crippen LogP contribution in [0.5, 0.6) is 0 Å². The van der Waals surface area contributed by atoms with Gasteiger partial charge in [0.1, 0.15) is 0 Å². The molecule has 1 rings (SSSR count). The van der Waals surface area contributed by atoms with E-state index in [1.807, 2.05) is 14.1 Å². The van der Waals surface area contributed by atoms with Crippen molar-refractivity contribution < 1.29 is 4.79 Å². The Labute approximate surface area is 68.6 Å². The Bertz CT molecular complexity index is 165. The first kappa shape index (κ1) is 8.72. The summed E-state index contributed by atoms with van der Waals surface area (Å²) in [7, 11) is 3.98. The van der Waals surface area contributed by atoms with E-state index in [2.05, 4.69) is 11.8 Å². The minimum Gasteiger partial charge on any atom is -0.298 e. The lowest BCUT2D eigenvalue weighted by Gasteiger charge is -2.37. The summed E-state index contributed by atoms with van der Waals surface area (Å²) in [4.78, 5) is 13.6. The maximum absolute atomic E-state index is 11.5. The molecule has 0 aromatic rings. The summed E-state index contributed by atoms with van der Waals surface area (Å²) in [5.41, 5.74) is -0.168. The Morgan fingerprint density at radius 1 is 1.36 bits per heavy atom. The fourth-order valence-electron chi connectivity index (χ4n) is 1.64. The first-order valence-electron chi connectivity index (χ1n) is 4.28. The topological polar surface area (TPSA) is 20.3 Å². The first-order valence-corrected chi connectivity index (χ1v) is 4.28. The van der Waals surface area contributed by atoms with Gasteiger partial charge in [0.25, 0.3) is 0 Å². The number of rotatable bonds is 1. The van der Waals surface area contributed by atoms with Crippen LogP contribution in [0, 0.1) is 0 Å². The van der Waals surface area contributed by atoms with Gasteiger partial charge in [-0.25, -0.2) is 0 Å². The maximum Gasteiger partial charge on any atom is 0.152 e. The fraction of sp³-hybridized carbons (Fsp3) is 0.889. The smallest absolute Gasteiger partial charge is 0.152 e. The molecule has 0 aromatic heterocycles. The van der Waals surface area contributed by atoms with E-state index in [0.29, 0.717) is 5.78 Å². The summed E-state index contributed by atoms with van der Waals surface area (Å²) in [6.07, 6.45) is 4.08. The minimum atomic E-state index is -0.168. The molecule has 1 saturated carbocycles. The van der Waals surface area contributed by atoms with E-state index in [4.69, 9.17) is 0 Å². The van der Waals surface area contributed by atoms with E-state index in [9.17, 15) is 4.79 Å². The van der Waals surface area contributed by atoms with Gasteiger partial charge in [0.2, 0.25) is 0 Å². The quantitative estimate of drug-likeness (QED) is 0.571. The number of ketones is 1. The molecule has 0 heterocycles. The first-order chi connectivity index (χ1) is 5.07. The van der Waals surface area contributed by atoms with Crippen LogP contribution < -0.4 is 0 Å². The van der Waals surface area contributed by atoms with Crippen molar-refractivity contribution >= 4 is 5.78 Å². The van der Waals surface area contributed by atoms with Gasteiger partial charge in [-0.2, -0.15) is 0 Å². The van der Waals surface area contributed by atoms with E-state index in [0.717, 1.165) is 19.3 Å². The van der Waals surface area contributed by atoms with Crippen LogP contribution in [0.3, 0.4) is 0 Å². The summed E-state index contributed by atoms with van der Waals surface area (Å²) in [5, 5.41) is 0. The SMILES string of the molecule is CN(C)C1(C)CCCCC1=O. The number of carbonyl (C=O) groups is 1. The zero-order valence-electron chi connectivity index (χ0n) is 7.68. The van der Waals surface area contributed by atoms with E-state index in [1.165, 1.54) is 6.42 Å². The van der Waals surface area contributed by atoms with Gasteiger partial charge in [-0.3, -0.25) is 9.69 Å². The highest BCUT2D eigenvalue weighted by Crippen LogP contribution is 2.28. The molecular formula is C9H17NO. The molecule has 1 unspecified atom stereocenters. The van der Waals surface area contributed by atoms with E-state index >= 15 is 0 Å². The van der Waals surface area contributed by atoms with Gasteiger partial charge in [0, 0.05) is 6.42 Å². The third-order valence-electron chi connectivity index (χ3n) is 2.91. The van der Waals surface area contributed by atoms with Gasteiger partial charge in [0.15, 0.2) is 5.78 Å². The van der Waals surface area contributed by atoms with Gasteiger partial charge in [-0.05, 0) is 33.9 Å². The number of nitrogens with zero attached hydrogens (tertiary/aromatic N) is 1. The van der Waals surface area contributed by atoms with Crippen molar-refractivity contribution in [2.75, 3.05) is 14.1 Å². The number of hydrogen-bond donors (Lipinski definition) is 0. The van der Waals surface area contributed by atoms with Crippen molar-refractivity contribution in [3.63, 3.8) is 0 Å². The third-order valence-corrected chi connectivity index (χ3v) is 2.91. The van der Waals surface area contributed by atoms with Crippen molar-refractivity contribution in [1.29, 1.82) is 0 Å².